The molecule has 100 valence electrons. The highest BCUT2D eigenvalue weighted by Gasteiger charge is 2.24. The Morgan fingerprint density at radius 1 is 1.50 bits per heavy atom. The summed E-state index contributed by atoms with van der Waals surface area (Å²) in [6.45, 7) is 3.26. The monoisotopic (exact) mass is 248 g/mol. The van der Waals surface area contributed by atoms with Crippen molar-refractivity contribution in [2.45, 2.75) is 45.1 Å². The van der Waals surface area contributed by atoms with Crippen molar-refractivity contribution < 1.29 is 4.74 Å². The summed E-state index contributed by atoms with van der Waals surface area (Å²) in [5.41, 5.74) is 1.26. The Morgan fingerprint density at radius 3 is 2.94 bits per heavy atom. The molecule has 0 radical (unpaired) electrons. The van der Waals surface area contributed by atoms with E-state index < -0.39 is 0 Å². The Kier molecular flexibility index (Phi) is 5.00. The van der Waals surface area contributed by atoms with Gasteiger partial charge in [-0.3, -0.25) is 4.98 Å². The van der Waals surface area contributed by atoms with Gasteiger partial charge in [-0.2, -0.15) is 0 Å². The smallest absolute Gasteiger partial charge is 0.141 e. The van der Waals surface area contributed by atoms with Crippen LogP contribution in [0, 0.1) is 5.92 Å². The highest BCUT2D eigenvalue weighted by Crippen LogP contribution is 2.36. The van der Waals surface area contributed by atoms with Crippen LogP contribution in [0.25, 0.3) is 0 Å². The van der Waals surface area contributed by atoms with Crippen molar-refractivity contribution >= 4 is 0 Å². The number of rotatable bonds is 7. The van der Waals surface area contributed by atoms with Crippen molar-refractivity contribution in [2.75, 3.05) is 13.7 Å². The van der Waals surface area contributed by atoms with Gasteiger partial charge in [0, 0.05) is 17.8 Å². The van der Waals surface area contributed by atoms with Gasteiger partial charge in [-0.05, 0) is 31.4 Å². The minimum absolute atomic E-state index is 0.410. The molecule has 2 rings (SSSR count). The number of methoxy groups -OCH3 is 1. The second-order valence-electron chi connectivity index (χ2n) is 5.16. The van der Waals surface area contributed by atoms with Crippen LogP contribution in [0.4, 0.5) is 0 Å². The number of nitrogens with one attached hydrogen (secondary N) is 1. The van der Waals surface area contributed by atoms with E-state index in [4.69, 9.17) is 4.74 Å². The second-order valence-corrected chi connectivity index (χ2v) is 5.16. The molecule has 0 saturated heterocycles. The maximum Gasteiger partial charge on any atom is 0.141 e. The Labute approximate surface area is 110 Å². The second kappa shape index (κ2) is 6.74. The van der Waals surface area contributed by atoms with Gasteiger partial charge in [0.1, 0.15) is 5.75 Å². The Morgan fingerprint density at radius 2 is 2.33 bits per heavy atom. The van der Waals surface area contributed by atoms with Gasteiger partial charge in [0.15, 0.2) is 0 Å². The first kappa shape index (κ1) is 13.3. The fraction of sp³-hybridized carbons (Fsp3) is 0.667. The lowest BCUT2D eigenvalue weighted by Crippen LogP contribution is -2.27. The fourth-order valence-electron chi connectivity index (χ4n) is 2.55. The van der Waals surface area contributed by atoms with Gasteiger partial charge in [0.05, 0.1) is 13.3 Å². The van der Waals surface area contributed by atoms with Crippen LogP contribution in [-0.4, -0.2) is 18.6 Å². The van der Waals surface area contributed by atoms with E-state index in [1.54, 1.807) is 7.11 Å². The van der Waals surface area contributed by atoms with E-state index in [0.717, 1.165) is 24.6 Å². The van der Waals surface area contributed by atoms with E-state index in [1.807, 2.05) is 12.4 Å². The van der Waals surface area contributed by atoms with Gasteiger partial charge in [-0.15, -0.1) is 0 Å². The number of pyridine rings is 1. The fourth-order valence-corrected chi connectivity index (χ4v) is 2.55. The van der Waals surface area contributed by atoms with Gasteiger partial charge in [-0.1, -0.05) is 26.2 Å². The minimum Gasteiger partial charge on any atom is -0.495 e. The zero-order valence-corrected chi connectivity index (χ0v) is 11.5. The number of aromatic nitrogens is 1. The molecule has 0 amide bonds. The van der Waals surface area contributed by atoms with E-state index >= 15 is 0 Å². The van der Waals surface area contributed by atoms with Crippen molar-refractivity contribution in [1.82, 2.24) is 10.3 Å². The molecule has 1 aliphatic rings. The molecule has 1 aromatic heterocycles. The molecule has 18 heavy (non-hydrogen) atoms. The normalized spacial score (nSPS) is 17.2. The summed E-state index contributed by atoms with van der Waals surface area (Å²) in [6, 6.07) is 2.50. The van der Waals surface area contributed by atoms with Crippen LogP contribution in [0.15, 0.2) is 18.5 Å². The van der Waals surface area contributed by atoms with E-state index in [9.17, 15) is 0 Å². The molecular weight excluding hydrogens is 224 g/mol. The molecule has 0 spiro atoms. The third-order valence-corrected chi connectivity index (χ3v) is 3.85. The molecule has 3 heteroatoms. The number of ether oxygens (including phenoxy) is 1. The minimum atomic E-state index is 0.410. The summed E-state index contributed by atoms with van der Waals surface area (Å²) in [7, 11) is 1.72. The van der Waals surface area contributed by atoms with E-state index in [0.29, 0.717) is 6.04 Å². The van der Waals surface area contributed by atoms with Crippen LogP contribution in [0.1, 0.15) is 50.6 Å². The molecule has 1 atom stereocenters. The van der Waals surface area contributed by atoms with Crippen LogP contribution in [0.3, 0.4) is 0 Å². The van der Waals surface area contributed by atoms with Crippen LogP contribution in [-0.2, 0) is 0 Å². The van der Waals surface area contributed by atoms with Crippen LogP contribution in [0.2, 0.25) is 0 Å². The zero-order chi connectivity index (χ0) is 12.8. The summed E-state index contributed by atoms with van der Waals surface area (Å²) in [4.78, 5) is 4.14. The third kappa shape index (κ3) is 3.22. The van der Waals surface area contributed by atoms with Gasteiger partial charge >= 0.3 is 0 Å². The summed E-state index contributed by atoms with van der Waals surface area (Å²) in [5.74, 6) is 1.79. The molecule has 0 bridgehead atoms. The topological polar surface area (TPSA) is 34.2 Å². The molecule has 1 aliphatic carbocycles. The highest BCUT2D eigenvalue weighted by atomic mass is 16.5. The number of hydrogen-bond donors (Lipinski definition) is 1. The third-order valence-electron chi connectivity index (χ3n) is 3.85. The maximum atomic E-state index is 5.44. The molecule has 0 aromatic carbocycles. The molecular formula is C15H24N2O. The van der Waals surface area contributed by atoms with Gasteiger partial charge < -0.3 is 10.1 Å². The summed E-state index contributed by atoms with van der Waals surface area (Å²) in [6.07, 6.45) is 10.2. The predicted octanol–water partition coefficient (Wildman–Crippen LogP) is 3.32. The quantitative estimate of drug-likeness (QED) is 0.803. The predicted molar refractivity (Wildman–Crippen MR) is 73.8 cm³/mol. The van der Waals surface area contributed by atoms with E-state index in [2.05, 4.69) is 23.3 Å². The largest absolute Gasteiger partial charge is 0.495 e. The summed E-state index contributed by atoms with van der Waals surface area (Å²) < 4.78 is 5.44. The Balaban J connectivity index is 2.09. The molecule has 1 saturated carbocycles. The lowest BCUT2D eigenvalue weighted by Gasteiger charge is -2.31. The lowest BCUT2D eigenvalue weighted by atomic mass is 9.79. The standard InChI is InChI=1S/C15H24N2O/c1-3-8-17-14(10-12-5-4-6-12)13-7-9-16-11-15(13)18-2/h7,9,11-12,14,17H,3-6,8,10H2,1-2H3. The molecule has 1 fully saturated rings. The highest BCUT2D eigenvalue weighted by molar-refractivity contribution is 5.32. The van der Waals surface area contributed by atoms with Crippen molar-refractivity contribution in [3.8, 4) is 5.75 Å². The molecule has 1 unspecified atom stereocenters. The first-order valence-electron chi connectivity index (χ1n) is 7.06. The van der Waals surface area contributed by atoms with Crippen LogP contribution in [0.5, 0.6) is 5.75 Å². The lowest BCUT2D eigenvalue weighted by molar-refractivity contribution is 0.258. The summed E-state index contributed by atoms with van der Waals surface area (Å²) >= 11 is 0. The van der Waals surface area contributed by atoms with Crippen LogP contribution < -0.4 is 10.1 Å². The molecule has 0 aliphatic heterocycles. The van der Waals surface area contributed by atoms with E-state index in [1.165, 1.54) is 31.2 Å². The van der Waals surface area contributed by atoms with Crippen molar-refractivity contribution in [3.05, 3.63) is 24.0 Å². The number of nitrogens with zero attached hydrogens (tertiary/aromatic N) is 1. The molecule has 1 N–H and O–H groups in total. The average molecular weight is 248 g/mol. The molecule has 3 nitrogen and oxygen atoms in total. The number of hydrogen-bond acceptors (Lipinski definition) is 3. The van der Waals surface area contributed by atoms with Gasteiger partial charge in [0.25, 0.3) is 0 Å². The van der Waals surface area contributed by atoms with Crippen molar-refractivity contribution in [3.63, 3.8) is 0 Å². The van der Waals surface area contributed by atoms with Crippen molar-refractivity contribution in [2.24, 2.45) is 5.92 Å². The van der Waals surface area contributed by atoms with Gasteiger partial charge in [0.2, 0.25) is 0 Å². The molecule has 1 heterocycles. The first-order valence-corrected chi connectivity index (χ1v) is 7.06. The van der Waals surface area contributed by atoms with E-state index in [-0.39, 0.29) is 0 Å². The SMILES string of the molecule is CCCNC(CC1CCC1)c1ccncc1OC. The zero-order valence-electron chi connectivity index (χ0n) is 11.5. The average Bonchev–Trinajstić information content (AvgIpc) is 2.37. The first-order chi connectivity index (χ1) is 8.85. The van der Waals surface area contributed by atoms with Crippen molar-refractivity contribution in [1.29, 1.82) is 0 Å². The van der Waals surface area contributed by atoms with Gasteiger partial charge in [-0.25, -0.2) is 0 Å². The Hall–Kier alpha value is -1.09. The Bertz CT molecular complexity index is 363. The molecule has 1 aromatic rings. The summed E-state index contributed by atoms with van der Waals surface area (Å²) in [5, 5.41) is 3.65. The van der Waals surface area contributed by atoms with Crippen LogP contribution >= 0.6 is 0 Å². The maximum absolute atomic E-state index is 5.44.